The molecule has 1 saturated heterocycles. The highest BCUT2D eigenvalue weighted by Gasteiger charge is 2.19. The van der Waals surface area contributed by atoms with E-state index in [2.05, 4.69) is 46.1 Å². The first-order valence-electron chi connectivity index (χ1n) is 9.06. The van der Waals surface area contributed by atoms with Crippen LogP contribution in [-0.2, 0) is 4.79 Å². The van der Waals surface area contributed by atoms with Crippen LogP contribution in [0.4, 0.5) is 0 Å². The summed E-state index contributed by atoms with van der Waals surface area (Å²) in [4.78, 5) is 14.5. The molecule has 138 valence electrons. The maximum Gasteiger partial charge on any atom is 0.220 e. The molecule has 1 heterocycles. The summed E-state index contributed by atoms with van der Waals surface area (Å²) in [5, 5.41) is 3.17. The van der Waals surface area contributed by atoms with Crippen LogP contribution in [0, 0.1) is 0 Å². The molecule has 25 heavy (non-hydrogen) atoms. The summed E-state index contributed by atoms with van der Waals surface area (Å²) in [6, 6.07) is 8.08. The lowest BCUT2D eigenvalue weighted by atomic mass is 10.0. The number of benzene rings is 1. The number of nitrogens with zero attached hydrogens (tertiary/aromatic N) is 1. The van der Waals surface area contributed by atoms with Crippen molar-refractivity contribution in [2.24, 2.45) is 0 Å². The van der Waals surface area contributed by atoms with E-state index in [-0.39, 0.29) is 5.91 Å². The molecule has 4 nitrogen and oxygen atoms in total. The number of likely N-dealkylation sites (tertiary alicyclic amines) is 1. The molecule has 1 aromatic rings. The van der Waals surface area contributed by atoms with Gasteiger partial charge in [-0.25, -0.2) is 0 Å². The number of ether oxygens (including phenoxy) is 1. The van der Waals surface area contributed by atoms with Gasteiger partial charge in [0, 0.05) is 36.6 Å². The fourth-order valence-corrected chi connectivity index (χ4v) is 3.23. The van der Waals surface area contributed by atoms with Crippen molar-refractivity contribution in [2.45, 2.75) is 45.6 Å². The van der Waals surface area contributed by atoms with E-state index in [0.717, 1.165) is 49.1 Å². The first-order valence-corrected chi connectivity index (χ1v) is 9.85. The van der Waals surface area contributed by atoms with Crippen molar-refractivity contribution in [3.05, 3.63) is 40.4 Å². The summed E-state index contributed by atoms with van der Waals surface area (Å²) >= 11 is 3.42. The Balaban J connectivity index is 1.57. The van der Waals surface area contributed by atoms with Gasteiger partial charge >= 0.3 is 0 Å². The Morgan fingerprint density at radius 3 is 2.80 bits per heavy atom. The smallest absolute Gasteiger partial charge is 0.220 e. The van der Waals surface area contributed by atoms with Crippen molar-refractivity contribution in [3.63, 3.8) is 0 Å². The average Bonchev–Trinajstić information content (AvgIpc) is 2.58. The molecule has 0 bridgehead atoms. The molecule has 0 aromatic heterocycles. The van der Waals surface area contributed by atoms with Crippen LogP contribution in [0.1, 0.15) is 39.5 Å². The summed E-state index contributed by atoms with van der Waals surface area (Å²) in [5.41, 5.74) is 1.36. The minimum absolute atomic E-state index is 0.139. The number of piperidine rings is 1. The summed E-state index contributed by atoms with van der Waals surface area (Å²) in [7, 11) is 0. The minimum atomic E-state index is 0.139. The molecule has 0 unspecified atom stereocenters. The molecule has 1 amide bonds. The number of amides is 1. The van der Waals surface area contributed by atoms with E-state index >= 15 is 0 Å². The first kappa shape index (κ1) is 20.0. The van der Waals surface area contributed by atoms with E-state index in [0.29, 0.717) is 19.1 Å². The lowest BCUT2D eigenvalue weighted by Gasteiger charge is -2.31. The molecule has 5 heteroatoms. The quantitative estimate of drug-likeness (QED) is 0.518. The van der Waals surface area contributed by atoms with E-state index in [1.165, 1.54) is 5.57 Å². The van der Waals surface area contributed by atoms with Gasteiger partial charge in [0.1, 0.15) is 5.75 Å². The third-order valence-electron chi connectivity index (χ3n) is 4.32. The molecule has 1 aliphatic rings. The monoisotopic (exact) mass is 408 g/mol. The van der Waals surface area contributed by atoms with Gasteiger partial charge in [-0.1, -0.05) is 33.6 Å². The molecule has 0 atom stereocenters. The number of nitrogens with one attached hydrogen (secondary N) is 1. The number of hydrogen-bond donors (Lipinski definition) is 1. The number of rotatable bonds is 8. The topological polar surface area (TPSA) is 41.6 Å². The molecular weight excluding hydrogens is 380 g/mol. The highest BCUT2D eigenvalue weighted by Crippen LogP contribution is 2.18. The van der Waals surface area contributed by atoms with Crippen LogP contribution in [0.5, 0.6) is 5.75 Å². The van der Waals surface area contributed by atoms with E-state index < -0.39 is 0 Å². The Hall–Kier alpha value is -1.33. The lowest BCUT2D eigenvalue weighted by Crippen LogP contribution is -2.44. The van der Waals surface area contributed by atoms with E-state index in [9.17, 15) is 4.79 Å². The molecule has 1 fully saturated rings. The molecule has 1 aromatic carbocycles. The predicted molar refractivity (Wildman–Crippen MR) is 106 cm³/mol. The fourth-order valence-electron chi connectivity index (χ4n) is 2.85. The number of hydrogen-bond acceptors (Lipinski definition) is 3. The van der Waals surface area contributed by atoms with Gasteiger partial charge in [-0.05, 0) is 51.3 Å². The van der Waals surface area contributed by atoms with Crippen molar-refractivity contribution < 1.29 is 9.53 Å². The van der Waals surface area contributed by atoms with E-state index in [4.69, 9.17) is 4.74 Å². The number of carbonyl (C=O) groups excluding carboxylic acids is 1. The Morgan fingerprint density at radius 1 is 1.36 bits per heavy atom. The number of carbonyl (C=O) groups is 1. The zero-order chi connectivity index (χ0) is 18.1. The second-order valence-corrected chi connectivity index (χ2v) is 7.75. The fraction of sp³-hybridized carbons (Fsp3) is 0.550. The lowest BCUT2D eigenvalue weighted by molar-refractivity contribution is -0.122. The van der Waals surface area contributed by atoms with Crippen LogP contribution in [0.25, 0.3) is 0 Å². The minimum Gasteiger partial charge on any atom is -0.494 e. The third-order valence-corrected chi connectivity index (χ3v) is 4.82. The Labute approximate surface area is 159 Å². The summed E-state index contributed by atoms with van der Waals surface area (Å²) in [6.45, 7) is 7.96. The van der Waals surface area contributed by atoms with Gasteiger partial charge in [0.15, 0.2) is 0 Å². The maximum absolute atomic E-state index is 12.1. The standard InChI is InChI=1S/C20H29BrN2O2/c1-16(2)8-11-23-12-9-18(10-13-23)22-20(24)7-4-14-25-19-6-3-5-17(21)15-19/h3,5-6,8,15,18H,4,7,9-14H2,1-2H3,(H,22,24). The maximum atomic E-state index is 12.1. The van der Waals surface area contributed by atoms with Gasteiger partial charge in [0.05, 0.1) is 6.61 Å². The first-order chi connectivity index (χ1) is 12.0. The van der Waals surface area contributed by atoms with Crippen molar-refractivity contribution in [1.82, 2.24) is 10.2 Å². The Kier molecular flexibility index (Phi) is 8.49. The second-order valence-electron chi connectivity index (χ2n) is 6.83. The highest BCUT2D eigenvalue weighted by molar-refractivity contribution is 9.10. The van der Waals surface area contributed by atoms with Crippen molar-refractivity contribution in [2.75, 3.05) is 26.2 Å². The normalized spacial score (nSPS) is 15.6. The average molecular weight is 409 g/mol. The van der Waals surface area contributed by atoms with Gasteiger partial charge in [-0.2, -0.15) is 0 Å². The SMILES string of the molecule is CC(C)=CCN1CCC(NC(=O)CCCOc2cccc(Br)c2)CC1. The van der Waals surface area contributed by atoms with Crippen LogP contribution in [0.2, 0.25) is 0 Å². The van der Waals surface area contributed by atoms with Crippen molar-refractivity contribution in [1.29, 1.82) is 0 Å². The molecule has 1 aliphatic heterocycles. The van der Waals surface area contributed by atoms with Gasteiger partial charge in [-0.15, -0.1) is 0 Å². The van der Waals surface area contributed by atoms with Crippen LogP contribution in [0.15, 0.2) is 40.4 Å². The van der Waals surface area contributed by atoms with Gasteiger partial charge in [0.2, 0.25) is 5.91 Å². The van der Waals surface area contributed by atoms with E-state index in [1.807, 2.05) is 24.3 Å². The Morgan fingerprint density at radius 2 is 2.12 bits per heavy atom. The van der Waals surface area contributed by atoms with Gasteiger partial charge < -0.3 is 10.1 Å². The molecule has 0 radical (unpaired) electrons. The predicted octanol–water partition coefficient (Wildman–Crippen LogP) is 4.15. The molecule has 0 spiro atoms. The van der Waals surface area contributed by atoms with Crippen molar-refractivity contribution in [3.8, 4) is 5.75 Å². The summed E-state index contributed by atoms with van der Waals surface area (Å²) in [6.07, 6.45) is 5.60. The van der Waals surface area contributed by atoms with Crippen LogP contribution in [-0.4, -0.2) is 43.1 Å². The highest BCUT2D eigenvalue weighted by atomic mass is 79.9. The molecule has 1 N–H and O–H groups in total. The van der Waals surface area contributed by atoms with Crippen LogP contribution in [0.3, 0.4) is 0 Å². The molecule has 0 saturated carbocycles. The van der Waals surface area contributed by atoms with Gasteiger partial charge in [-0.3, -0.25) is 9.69 Å². The van der Waals surface area contributed by atoms with Gasteiger partial charge in [0.25, 0.3) is 0 Å². The van der Waals surface area contributed by atoms with Crippen LogP contribution < -0.4 is 10.1 Å². The zero-order valence-electron chi connectivity index (χ0n) is 15.3. The zero-order valence-corrected chi connectivity index (χ0v) is 16.8. The van der Waals surface area contributed by atoms with Crippen LogP contribution >= 0.6 is 15.9 Å². The molecule has 0 aliphatic carbocycles. The second kappa shape index (κ2) is 10.6. The van der Waals surface area contributed by atoms with E-state index in [1.54, 1.807) is 0 Å². The number of allylic oxidation sites excluding steroid dienone is 1. The molecular formula is C20H29BrN2O2. The Bertz CT molecular complexity index is 577. The third kappa shape index (κ3) is 8.06. The largest absolute Gasteiger partial charge is 0.494 e. The number of halogens is 1. The summed E-state index contributed by atoms with van der Waals surface area (Å²) in [5.74, 6) is 0.971. The molecule has 2 rings (SSSR count). The summed E-state index contributed by atoms with van der Waals surface area (Å²) < 4.78 is 6.66. The van der Waals surface area contributed by atoms with Crippen molar-refractivity contribution >= 4 is 21.8 Å².